The van der Waals surface area contributed by atoms with Gasteiger partial charge in [-0.2, -0.15) is 0 Å². The number of aromatic nitrogens is 1. The van der Waals surface area contributed by atoms with Gasteiger partial charge in [0.05, 0.1) is 5.69 Å². The molecule has 1 nitrogen and oxygen atoms in total. The van der Waals surface area contributed by atoms with Crippen molar-refractivity contribution in [3.63, 3.8) is 0 Å². The number of aryl methyl sites for hydroxylation is 1. The molecule has 0 fully saturated rings. The number of rotatable bonds is 5. The van der Waals surface area contributed by atoms with Gasteiger partial charge in [-0.1, -0.05) is 165 Å². The summed E-state index contributed by atoms with van der Waals surface area (Å²) in [7, 11) is 3.81. The fraction of sp³-hybridized carbons (Fsp3) is 0.0976. The predicted molar refractivity (Wildman–Crippen MR) is 207 cm³/mol. The summed E-state index contributed by atoms with van der Waals surface area (Å²) in [5.41, 5.74) is 5.05. The topological polar surface area (TPSA) is 12.9 Å². The van der Waals surface area contributed by atoms with Crippen molar-refractivity contribution in [2.75, 3.05) is 0 Å². The normalized spacial score (nSPS) is 12.4. The van der Waals surface area contributed by atoms with Crippen molar-refractivity contribution in [1.82, 2.24) is 4.98 Å². The fourth-order valence-corrected chi connectivity index (χ4v) is 8.02. The van der Waals surface area contributed by atoms with Gasteiger partial charge in [0.2, 0.25) is 0 Å². The minimum atomic E-state index is -11.2. The first-order valence-corrected chi connectivity index (χ1v) is 25.4. The molecule has 0 aliphatic rings. The van der Waals surface area contributed by atoms with E-state index in [0.717, 1.165) is 5.69 Å². The van der Waals surface area contributed by atoms with Crippen LogP contribution in [0.5, 0.6) is 0 Å². The van der Waals surface area contributed by atoms with Crippen molar-refractivity contribution in [3.8, 4) is 11.3 Å². The number of fused-ring (bicyclic) bond motifs is 2. The first-order valence-electron chi connectivity index (χ1n) is 16.1. The number of pyridine rings is 1. The van der Waals surface area contributed by atoms with E-state index in [1.807, 2.05) is 23.5 Å². The van der Waals surface area contributed by atoms with Crippen LogP contribution in [0, 0.1) is 6.92 Å². The van der Waals surface area contributed by atoms with Gasteiger partial charge in [0, 0.05) is 17.1 Å². The zero-order chi connectivity index (χ0) is 38.0. The van der Waals surface area contributed by atoms with Crippen LogP contribution in [0.25, 0.3) is 32.8 Å². The summed E-state index contributed by atoms with van der Waals surface area (Å²) < 4.78 is 59.6. The third kappa shape index (κ3) is 12.7. The molecule has 7 aromatic rings. The second-order valence-electron chi connectivity index (χ2n) is 12.1. The maximum Gasteiger partial charge on any atom is 0.0793 e. The van der Waals surface area contributed by atoms with E-state index in [-0.39, 0.29) is 0 Å². The Morgan fingerprint density at radius 3 is 1.50 bits per heavy atom. The third-order valence-electron chi connectivity index (χ3n) is 7.83. The molecule has 0 N–H and O–H groups in total. The second kappa shape index (κ2) is 17.3. The van der Waals surface area contributed by atoms with E-state index in [0.29, 0.717) is 5.92 Å². The molecule has 1 heterocycles. The van der Waals surface area contributed by atoms with Crippen LogP contribution in [0.3, 0.4) is 0 Å². The Labute approximate surface area is 318 Å². The Morgan fingerprint density at radius 1 is 0.558 bits per heavy atom. The molecule has 6 aromatic carbocycles. The minimum Gasteiger partial charge on any atom is -0.256 e. The van der Waals surface area contributed by atoms with Crippen LogP contribution >= 0.6 is 17.6 Å². The van der Waals surface area contributed by atoms with E-state index < -0.39 is 27.4 Å². The maximum atomic E-state index is 9.93. The summed E-state index contributed by atoms with van der Waals surface area (Å²) in [5.74, 6) is 0.653. The molecule has 0 saturated carbocycles. The van der Waals surface area contributed by atoms with Gasteiger partial charge in [0.25, 0.3) is 0 Å². The van der Waals surface area contributed by atoms with E-state index in [1.165, 1.54) is 54.1 Å². The molecular weight excluding hydrogens is 910 g/mol. The van der Waals surface area contributed by atoms with Crippen molar-refractivity contribution < 1.29 is 34.2 Å². The summed E-state index contributed by atoms with van der Waals surface area (Å²) in [6, 6.07) is 54.4. The van der Waals surface area contributed by atoms with Gasteiger partial charge in [-0.25, -0.2) is 0 Å². The monoisotopic (exact) mass is 945 g/mol. The van der Waals surface area contributed by atoms with E-state index >= 15 is 0 Å². The third-order valence-corrected chi connectivity index (χ3v) is 10.3. The molecule has 0 unspecified atom stereocenters. The van der Waals surface area contributed by atoms with Crippen LogP contribution in [0.15, 0.2) is 158 Å². The second-order valence-corrected chi connectivity index (χ2v) is 19.7. The standard InChI is InChI=1S/C31H22NP.C10H14.ClH.6FH.Ru.Sb/c1-3-13-25(14-4-1)33(26-15-5-2-6-16-26)29-20-19-23-11-7-9-17-27(23)30(29)31-28-18-10-8-12-24(28)21-22-32-31;1-8(2)10-6-4-9(3)5-7-10;;;;;;;;;/h1-22H;4-8H,1-3H3;7*1H;;/q;;;;;;;;;+2;+5/p-7. The van der Waals surface area contributed by atoms with Crippen molar-refractivity contribution in [1.29, 1.82) is 0 Å². The molecule has 0 atom stereocenters. The van der Waals surface area contributed by atoms with Crippen LogP contribution in [0.1, 0.15) is 30.9 Å². The number of hydrogen-bond acceptors (Lipinski definition) is 1. The van der Waals surface area contributed by atoms with Gasteiger partial charge in [0.15, 0.2) is 0 Å². The van der Waals surface area contributed by atoms with Gasteiger partial charge in [0.1, 0.15) is 0 Å². The Hall–Kier alpha value is -3.27. The Bertz CT molecular complexity index is 2150. The molecule has 52 heavy (non-hydrogen) atoms. The molecule has 0 aliphatic carbocycles. The summed E-state index contributed by atoms with van der Waals surface area (Å²) in [6.45, 7) is 6.54. The summed E-state index contributed by atoms with van der Waals surface area (Å²) in [6.07, 6.45) is 1.94. The first kappa shape index (κ1) is 41.5. The average Bonchev–Trinajstić information content (AvgIpc) is 3.12. The van der Waals surface area contributed by atoms with E-state index in [1.54, 1.807) is 0 Å². The minimum absolute atomic E-state index is 0.653. The van der Waals surface area contributed by atoms with Gasteiger partial charge in [-0.3, -0.25) is 4.98 Å². The van der Waals surface area contributed by atoms with Crippen LogP contribution in [-0.4, -0.2) is 24.5 Å². The number of halogens is 7. The molecule has 0 amide bonds. The molecule has 1 aromatic heterocycles. The fourth-order valence-electron chi connectivity index (χ4n) is 5.55. The van der Waals surface area contributed by atoms with Crippen molar-refractivity contribution >= 4 is 74.5 Å². The Balaban J connectivity index is 0.000000263. The smallest absolute Gasteiger partial charge is 0.0793 e. The molecule has 7 rings (SSSR count). The van der Waals surface area contributed by atoms with Crippen molar-refractivity contribution in [2.24, 2.45) is 0 Å². The van der Waals surface area contributed by atoms with Crippen molar-refractivity contribution in [3.05, 3.63) is 169 Å². The molecule has 0 aliphatic heterocycles. The quantitative estimate of drug-likeness (QED) is 0.0952. The largest absolute Gasteiger partial charge is 0.256 e. The summed E-state index contributed by atoms with van der Waals surface area (Å²) in [5, 5.41) is 8.91. The Kier molecular flexibility index (Phi) is 13.8. The zero-order valence-electron chi connectivity index (χ0n) is 28.4. The molecule has 272 valence electrons. The molecule has 11 heteroatoms. The van der Waals surface area contributed by atoms with E-state index in [4.69, 9.17) is 4.98 Å². The molecule has 0 bridgehead atoms. The SMILES string of the molecule is Cc1ccc(C(C)C)cc1.[Cl][Ru+].[F][Sb-]([F])([F])([F])([F])[F].c1ccc(P(c2ccccc2)c2ccc3ccccc3c2-c2nccc3ccccc23)cc1. The molecular formula is C41H36ClF6NPRuSb. The number of hydrogen-bond donors (Lipinski definition) is 0. The van der Waals surface area contributed by atoms with Gasteiger partial charge in [-0.15, -0.1) is 0 Å². The van der Waals surface area contributed by atoms with Gasteiger partial charge in [-0.05, 0) is 64.5 Å². The zero-order valence-corrected chi connectivity index (χ0v) is 34.4. The average molecular weight is 946 g/mol. The number of benzene rings is 6. The van der Waals surface area contributed by atoms with Crippen LogP contribution in [0.2, 0.25) is 0 Å². The Morgan fingerprint density at radius 2 is 1.00 bits per heavy atom. The number of nitrogens with zero attached hydrogens (tertiary/aromatic N) is 1. The maximum absolute atomic E-state index is 11.2. The van der Waals surface area contributed by atoms with Crippen LogP contribution in [-0.2, 0) is 17.3 Å². The van der Waals surface area contributed by atoms with E-state index in [2.05, 4.69) is 182 Å². The van der Waals surface area contributed by atoms with Gasteiger partial charge < -0.3 is 0 Å². The van der Waals surface area contributed by atoms with Crippen molar-refractivity contribution in [2.45, 2.75) is 26.7 Å². The van der Waals surface area contributed by atoms with Crippen LogP contribution < -0.4 is 15.9 Å². The van der Waals surface area contributed by atoms with Gasteiger partial charge >= 0.3 is 63.4 Å². The summed E-state index contributed by atoms with van der Waals surface area (Å²) in [4.78, 5) is 4.97. The predicted octanol–water partition coefficient (Wildman–Crippen LogP) is 12.8. The van der Waals surface area contributed by atoms with Crippen LogP contribution in [0.4, 0.5) is 16.9 Å². The molecule has 0 saturated heterocycles. The first-order chi connectivity index (χ1) is 24.5. The summed E-state index contributed by atoms with van der Waals surface area (Å²) >= 11 is -9.43. The molecule has 0 radical (unpaired) electrons. The van der Waals surface area contributed by atoms with E-state index in [9.17, 15) is 16.9 Å². The molecule has 0 spiro atoms.